The molecule has 3 rings (SSSR count). The molecule has 0 bridgehead atoms. The van der Waals surface area contributed by atoms with Gasteiger partial charge in [-0.25, -0.2) is 4.79 Å². The number of esters is 1. The number of aryl methyl sites for hydroxylation is 2. The number of nitrogens with one attached hydrogen (secondary N) is 2. The van der Waals surface area contributed by atoms with Gasteiger partial charge in [-0.3, -0.25) is 0 Å². The van der Waals surface area contributed by atoms with Gasteiger partial charge in [-0.15, -0.1) is 11.3 Å². The first-order valence-electron chi connectivity index (χ1n) is 11.0. The van der Waals surface area contributed by atoms with Gasteiger partial charge in [0.05, 0.1) is 12.6 Å². The fourth-order valence-corrected chi connectivity index (χ4v) is 5.08. The van der Waals surface area contributed by atoms with Crippen LogP contribution in [0.4, 0.5) is 5.00 Å². The Kier molecular flexibility index (Phi) is 8.42. The van der Waals surface area contributed by atoms with Crippen LogP contribution in [0.15, 0.2) is 54.6 Å². The van der Waals surface area contributed by atoms with Crippen LogP contribution in [-0.4, -0.2) is 17.7 Å². The Labute approximate surface area is 200 Å². The molecule has 2 N–H and O–H groups in total. The fraction of sp³-hybridized carbons (Fsp3) is 0.308. The van der Waals surface area contributed by atoms with E-state index < -0.39 is 0 Å². The van der Waals surface area contributed by atoms with Crippen molar-refractivity contribution in [3.8, 4) is 11.1 Å². The summed E-state index contributed by atoms with van der Waals surface area (Å²) < 4.78 is 5.37. The number of carbonyl (C=O) groups excluding carboxylic acids is 1. The molecule has 0 saturated heterocycles. The molecule has 1 heterocycles. The zero-order valence-corrected chi connectivity index (χ0v) is 20.7. The van der Waals surface area contributed by atoms with Gasteiger partial charge in [0.15, 0.2) is 5.11 Å². The monoisotopic (exact) mass is 466 g/mol. The summed E-state index contributed by atoms with van der Waals surface area (Å²) in [7, 11) is 0. The molecule has 3 aromatic rings. The summed E-state index contributed by atoms with van der Waals surface area (Å²) in [6.45, 7) is 8.39. The predicted molar refractivity (Wildman–Crippen MR) is 139 cm³/mol. The van der Waals surface area contributed by atoms with Gasteiger partial charge in [0.25, 0.3) is 0 Å². The molecule has 0 radical (unpaired) electrons. The standard InChI is InChI=1S/C26H30N2O2S2/c1-5-10-19-13-15-20(16-14-19)17(3)27-26(31)28-24-23(25(29)30-6-2)22(18(4)32-24)21-11-8-7-9-12-21/h7-9,11-17H,5-6,10H2,1-4H3,(H2,27,28,31). The average Bonchev–Trinajstić information content (AvgIpc) is 3.10. The van der Waals surface area contributed by atoms with Crippen molar-refractivity contribution >= 4 is 39.6 Å². The smallest absolute Gasteiger partial charge is 0.341 e. The maximum absolute atomic E-state index is 12.9. The van der Waals surface area contributed by atoms with E-state index in [4.69, 9.17) is 17.0 Å². The lowest BCUT2D eigenvalue weighted by molar-refractivity contribution is 0.0529. The molecule has 1 atom stereocenters. The number of benzene rings is 2. The number of anilines is 1. The molecule has 1 aromatic heterocycles. The minimum absolute atomic E-state index is 0.0337. The predicted octanol–water partition coefficient (Wildman–Crippen LogP) is 6.90. The van der Waals surface area contributed by atoms with Gasteiger partial charge in [0.1, 0.15) is 10.6 Å². The zero-order chi connectivity index (χ0) is 23.1. The minimum atomic E-state index is -0.347. The van der Waals surface area contributed by atoms with Gasteiger partial charge in [0.2, 0.25) is 0 Å². The third kappa shape index (κ3) is 5.75. The Hall–Kier alpha value is -2.70. The molecule has 2 aromatic carbocycles. The number of hydrogen-bond donors (Lipinski definition) is 2. The van der Waals surface area contributed by atoms with E-state index in [0.29, 0.717) is 22.3 Å². The van der Waals surface area contributed by atoms with E-state index in [1.54, 1.807) is 0 Å². The van der Waals surface area contributed by atoms with Crippen LogP contribution in [0.5, 0.6) is 0 Å². The highest BCUT2D eigenvalue weighted by Gasteiger charge is 2.25. The van der Waals surface area contributed by atoms with Crippen molar-refractivity contribution in [3.05, 3.63) is 76.2 Å². The van der Waals surface area contributed by atoms with Crippen molar-refractivity contribution < 1.29 is 9.53 Å². The summed E-state index contributed by atoms with van der Waals surface area (Å²) in [6, 6.07) is 18.5. The maximum atomic E-state index is 12.9. The molecule has 0 fully saturated rings. The van der Waals surface area contributed by atoms with E-state index >= 15 is 0 Å². The van der Waals surface area contributed by atoms with Crippen molar-refractivity contribution in [3.63, 3.8) is 0 Å². The summed E-state index contributed by atoms with van der Waals surface area (Å²) in [6.07, 6.45) is 2.22. The summed E-state index contributed by atoms with van der Waals surface area (Å²) in [4.78, 5) is 13.9. The molecule has 0 aliphatic carbocycles. The third-order valence-corrected chi connectivity index (χ3v) is 6.46. The van der Waals surface area contributed by atoms with Gasteiger partial charge >= 0.3 is 5.97 Å². The first-order chi connectivity index (χ1) is 15.4. The number of ether oxygens (including phenoxy) is 1. The number of carbonyl (C=O) groups is 1. The lowest BCUT2D eigenvalue weighted by Gasteiger charge is -2.18. The van der Waals surface area contributed by atoms with Crippen LogP contribution in [-0.2, 0) is 11.2 Å². The fourth-order valence-electron chi connectivity index (χ4n) is 3.66. The lowest BCUT2D eigenvalue weighted by atomic mass is 10.0. The molecule has 6 heteroatoms. The maximum Gasteiger partial charge on any atom is 0.341 e. The van der Waals surface area contributed by atoms with Crippen molar-refractivity contribution in [1.82, 2.24) is 5.32 Å². The SMILES string of the molecule is CCCc1ccc(C(C)NC(=S)Nc2sc(C)c(-c3ccccc3)c2C(=O)OCC)cc1. The zero-order valence-electron chi connectivity index (χ0n) is 19.0. The molecule has 0 saturated carbocycles. The van der Waals surface area contributed by atoms with Crippen molar-refractivity contribution in [1.29, 1.82) is 0 Å². The van der Waals surface area contributed by atoms with Gasteiger partial charge in [-0.05, 0) is 56.1 Å². The van der Waals surface area contributed by atoms with Gasteiger partial charge in [-0.1, -0.05) is 67.9 Å². The molecule has 0 aliphatic heterocycles. The molecule has 0 spiro atoms. The normalized spacial score (nSPS) is 11.6. The summed E-state index contributed by atoms with van der Waals surface area (Å²) >= 11 is 7.10. The summed E-state index contributed by atoms with van der Waals surface area (Å²) in [5.41, 5.74) is 4.90. The lowest BCUT2D eigenvalue weighted by Crippen LogP contribution is -2.31. The van der Waals surface area contributed by atoms with Crippen LogP contribution in [0, 0.1) is 6.92 Å². The Morgan fingerprint density at radius 2 is 1.78 bits per heavy atom. The van der Waals surface area contributed by atoms with Gasteiger partial charge in [0, 0.05) is 10.4 Å². The second kappa shape index (κ2) is 11.2. The molecular weight excluding hydrogens is 436 g/mol. The van der Waals surface area contributed by atoms with Crippen LogP contribution in [0.1, 0.15) is 59.6 Å². The number of thiophene rings is 1. The van der Waals surface area contributed by atoms with E-state index in [0.717, 1.165) is 34.4 Å². The number of rotatable bonds is 8. The molecule has 0 aliphatic rings. The van der Waals surface area contributed by atoms with E-state index in [2.05, 4.69) is 48.7 Å². The van der Waals surface area contributed by atoms with Crippen LogP contribution in [0.25, 0.3) is 11.1 Å². The Bertz CT molecular complexity index is 1060. The summed E-state index contributed by atoms with van der Waals surface area (Å²) in [5.74, 6) is -0.347. The molecular formula is C26H30N2O2S2. The second-order valence-corrected chi connectivity index (χ2v) is 9.27. The van der Waals surface area contributed by atoms with Crippen LogP contribution < -0.4 is 10.6 Å². The average molecular weight is 467 g/mol. The van der Waals surface area contributed by atoms with Gasteiger partial charge in [-0.2, -0.15) is 0 Å². The highest BCUT2D eigenvalue weighted by Crippen LogP contribution is 2.40. The molecule has 168 valence electrons. The first kappa shape index (κ1) is 24.0. The van der Waals surface area contributed by atoms with Crippen LogP contribution in [0.3, 0.4) is 0 Å². The third-order valence-electron chi connectivity index (χ3n) is 5.22. The quantitative estimate of drug-likeness (QED) is 0.279. The first-order valence-corrected chi connectivity index (χ1v) is 12.2. The van der Waals surface area contributed by atoms with Crippen LogP contribution in [0.2, 0.25) is 0 Å². The summed E-state index contributed by atoms with van der Waals surface area (Å²) in [5, 5.41) is 7.76. The number of hydrogen-bond acceptors (Lipinski definition) is 4. The number of thiocarbonyl (C=S) groups is 1. The second-order valence-electron chi connectivity index (χ2n) is 7.64. The van der Waals surface area contributed by atoms with E-state index in [1.807, 2.05) is 44.2 Å². The molecule has 4 nitrogen and oxygen atoms in total. The largest absolute Gasteiger partial charge is 0.462 e. The topological polar surface area (TPSA) is 50.4 Å². The molecule has 0 amide bonds. The van der Waals surface area contributed by atoms with Gasteiger partial charge < -0.3 is 15.4 Å². The highest BCUT2D eigenvalue weighted by atomic mass is 32.1. The van der Waals surface area contributed by atoms with Crippen LogP contribution >= 0.6 is 23.6 Å². The highest BCUT2D eigenvalue weighted by molar-refractivity contribution is 7.80. The van der Waals surface area contributed by atoms with Crippen molar-refractivity contribution in [2.24, 2.45) is 0 Å². The van der Waals surface area contributed by atoms with Crippen molar-refractivity contribution in [2.75, 3.05) is 11.9 Å². The van der Waals surface area contributed by atoms with E-state index in [9.17, 15) is 4.79 Å². The molecule has 32 heavy (non-hydrogen) atoms. The molecule has 1 unspecified atom stereocenters. The van der Waals surface area contributed by atoms with E-state index in [-0.39, 0.29) is 12.0 Å². The Balaban J connectivity index is 1.81. The Morgan fingerprint density at radius 1 is 1.09 bits per heavy atom. The van der Waals surface area contributed by atoms with Crippen molar-refractivity contribution in [2.45, 2.75) is 46.6 Å². The minimum Gasteiger partial charge on any atom is -0.462 e. The van der Waals surface area contributed by atoms with E-state index in [1.165, 1.54) is 16.9 Å². The Morgan fingerprint density at radius 3 is 2.41 bits per heavy atom.